The first kappa shape index (κ1) is 15.8. The lowest BCUT2D eigenvalue weighted by Gasteiger charge is -2.48. The van der Waals surface area contributed by atoms with Gasteiger partial charge in [0.25, 0.3) is 0 Å². The highest BCUT2D eigenvalue weighted by molar-refractivity contribution is 7.15. The molecular weight excluding hydrogens is 324 g/mol. The zero-order chi connectivity index (χ0) is 16.6. The monoisotopic (exact) mass is 346 g/mol. The Morgan fingerprint density at radius 1 is 1.46 bits per heavy atom. The summed E-state index contributed by atoms with van der Waals surface area (Å²) in [4.78, 5) is 16.7. The first-order chi connectivity index (χ1) is 11.7. The van der Waals surface area contributed by atoms with Crippen LogP contribution in [0.25, 0.3) is 10.6 Å². The van der Waals surface area contributed by atoms with Crippen LogP contribution in [0, 0.1) is 5.41 Å². The maximum atomic E-state index is 12.0. The minimum absolute atomic E-state index is 0.115. The van der Waals surface area contributed by atoms with Gasteiger partial charge in [-0.2, -0.15) is 5.10 Å². The van der Waals surface area contributed by atoms with Gasteiger partial charge in [-0.3, -0.25) is 14.8 Å². The normalized spacial score (nSPS) is 27.8. The number of carboxylic acids is 1. The minimum atomic E-state index is -0.645. The molecule has 2 aromatic heterocycles. The summed E-state index contributed by atoms with van der Waals surface area (Å²) in [5, 5.41) is 20.3. The van der Waals surface area contributed by atoms with Gasteiger partial charge < -0.3 is 10.4 Å². The third-order valence-electron chi connectivity index (χ3n) is 5.33. The van der Waals surface area contributed by atoms with Crippen molar-refractivity contribution >= 4 is 17.3 Å². The molecule has 6 nitrogen and oxygen atoms in total. The molecule has 0 radical (unpaired) electrons. The van der Waals surface area contributed by atoms with Crippen LogP contribution < -0.4 is 5.32 Å². The smallest absolute Gasteiger partial charge is 0.312 e. The number of likely N-dealkylation sites (tertiary alicyclic amines) is 1. The Bertz CT molecular complexity index is 714. The van der Waals surface area contributed by atoms with Gasteiger partial charge >= 0.3 is 5.97 Å². The van der Waals surface area contributed by atoms with E-state index in [9.17, 15) is 9.90 Å². The van der Waals surface area contributed by atoms with E-state index in [4.69, 9.17) is 0 Å². The quantitative estimate of drug-likeness (QED) is 0.790. The lowest BCUT2D eigenvalue weighted by molar-refractivity contribution is -0.157. The summed E-state index contributed by atoms with van der Waals surface area (Å²) in [7, 11) is 0. The SMILES string of the molecule is O=C(O)[C@]12CCCN[C@@H]1CCN(Cc1ccc(-c3ccn[nH]3)s1)C2. The molecule has 2 aromatic rings. The molecule has 0 spiro atoms. The van der Waals surface area contributed by atoms with Crippen molar-refractivity contribution in [3.63, 3.8) is 0 Å². The summed E-state index contributed by atoms with van der Waals surface area (Å²) in [6.45, 7) is 3.35. The predicted molar refractivity (Wildman–Crippen MR) is 92.9 cm³/mol. The van der Waals surface area contributed by atoms with Crippen LogP contribution in [0.2, 0.25) is 0 Å². The van der Waals surface area contributed by atoms with E-state index in [1.54, 1.807) is 17.5 Å². The van der Waals surface area contributed by atoms with Crippen LogP contribution in [0.3, 0.4) is 0 Å². The topological polar surface area (TPSA) is 81.2 Å². The molecule has 2 atom stereocenters. The summed E-state index contributed by atoms with van der Waals surface area (Å²) >= 11 is 1.74. The van der Waals surface area contributed by atoms with Gasteiger partial charge in [0.1, 0.15) is 0 Å². The Kier molecular flexibility index (Phi) is 4.15. The second kappa shape index (κ2) is 6.31. The molecule has 2 saturated heterocycles. The number of thiophene rings is 1. The number of H-pyrrole nitrogens is 1. The molecule has 3 N–H and O–H groups in total. The summed E-state index contributed by atoms with van der Waals surface area (Å²) in [5.74, 6) is -0.645. The number of aromatic nitrogens is 2. The largest absolute Gasteiger partial charge is 0.481 e. The van der Waals surface area contributed by atoms with Crippen molar-refractivity contribution in [2.75, 3.05) is 19.6 Å². The summed E-state index contributed by atoms with van der Waals surface area (Å²) < 4.78 is 0. The number of nitrogens with zero attached hydrogens (tertiary/aromatic N) is 2. The van der Waals surface area contributed by atoms with Crippen LogP contribution in [-0.4, -0.2) is 51.8 Å². The number of hydrogen-bond acceptors (Lipinski definition) is 5. The Morgan fingerprint density at radius 2 is 2.38 bits per heavy atom. The van der Waals surface area contributed by atoms with Crippen LogP contribution in [0.5, 0.6) is 0 Å². The molecule has 4 rings (SSSR count). The van der Waals surface area contributed by atoms with Crippen LogP contribution in [-0.2, 0) is 11.3 Å². The third kappa shape index (κ3) is 2.76. The maximum Gasteiger partial charge on any atom is 0.312 e. The third-order valence-corrected chi connectivity index (χ3v) is 6.43. The van der Waals surface area contributed by atoms with E-state index < -0.39 is 11.4 Å². The number of piperidine rings is 2. The van der Waals surface area contributed by atoms with Crippen molar-refractivity contribution in [1.29, 1.82) is 0 Å². The number of nitrogens with one attached hydrogen (secondary N) is 2. The van der Waals surface area contributed by atoms with E-state index >= 15 is 0 Å². The van der Waals surface area contributed by atoms with Gasteiger partial charge in [-0.15, -0.1) is 11.3 Å². The van der Waals surface area contributed by atoms with Crippen molar-refractivity contribution in [3.8, 4) is 10.6 Å². The first-order valence-electron chi connectivity index (χ1n) is 8.45. The van der Waals surface area contributed by atoms with E-state index in [1.807, 2.05) is 6.07 Å². The highest BCUT2D eigenvalue weighted by Crippen LogP contribution is 2.39. The highest BCUT2D eigenvalue weighted by atomic mass is 32.1. The van der Waals surface area contributed by atoms with E-state index in [2.05, 4.69) is 32.5 Å². The molecule has 0 amide bonds. The van der Waals surface area contributed by atoms with Crippen LogP contribution >= 0.6 is 11.3 Å². The molecule has 2 aliphatic rings. The number of aromatic amines is 1. The van der Waals surface area contributed by atoms with Gasteiger partial charge in [0.15, 0.2) is 0 Å². The van der Waals surface area contributed by atoms with Crippen LogP contribution in [0.1, 0.15) is 24.1 Å². The van der Waals surface area contributed by atoms with Gasteiger partial charge in [-0.25, -0.2) is 0 Å². The van der Waals surface area contributed by atoms with E-state index in [1.165, 1.54) is 9.75 Å². The Morgan fingerprint density at radius 3 is 3.17 bits per heavy atom. The molecule has 24 heavy (non-hydrogen) atoms. The van der Waals surface area contributed by atoms with Crippen LogP contribution in [0.4, 0.5) is 0 Å². The van der Waals surface area contributed by atoms with Gasteiger partial charge in [-0.1, -0.05) is 0 Å². The maximum absolute atomic E-state index is 12.0. The Balaban J connectivity index is 1.48. The molecular formula is C17H22N4O2S. The first-order valence-corrected chi connectivity index (χ1v) is 9.27. The molecule has 0 aromatic carbocycles. The van der Waals surface area contributed by atoms with Crippen molar-refractivity contribution in [2.24, 2.45) is 5.41 Å². The minimum Gasteiger partial charge on any atom is -0.481 e. The highest BCUT2D eigenvalue weighted by Gasteiger charge is 2.50. The molecule has 0 aliphatic carbocycles. The Labute approximate surface area is 144 Å². The Hall–Kier alpha value is -1.70. The molecule has 0 saturated carbocycles. The molecule has 2 aliphatic heterocycles. The van der Waals surface area contributed by atoms with Gasteiger partial charge in [-0.05, 0) is 44.0 Å². The van der Waals surface area contributed by atoms with Gasteiger partial charge in [0, 0.05) is 36.8 Å². The van der Waals surface area contributed by atoms with Crippen molar-refractivity contribution in [2.45, 2.75) is 31.8 Å². The zero-order valence-electron chi connectivity index (χ0n) is 13.5. The van der Waals surface area contributed by atoms with Gasteiger partial charge in [0.05, 0.1) is 16.0 Å². The second-order valence-corrected chi connectivity index (χ2v) is 7.98. The number of fused-ring (bicyclic) bond motifs is 1. The zero-order valence-corrected chi connectivity index (χ0v) is 14.3. The van der Waals surface area contributed by atoms with Crippen molar-refractivity contribution in [1.82, 2.24) is 20.4 Å². The molecule has 128 valence electrons. The number of carbonyl (C=O) groups is 1. The molecule has 0 bridgehead atoms. The number of aliphatic carboxylic acids is 1. The number of carboxylic acid groups (broad SMARTS) is 1. The average molecular weight is 346 g/mol. The molecule has 7 heteroatoms. The fourth-order valence-corrected chi connectivity index (χ4v) is 5.11. The molecule has 4 heterocycles. The van der Waals surface area contributed by atoms with Crippen molar-refractivity contribution in [3.05, 3.63) is 29.3 Å². The average Bonchev–Trinajstić information content (AvgIpc) is 3.25. The standard InChI is InChI=1S/C17H22N4O2S/c22-16(23)17-6-1-7-18-15(17)5-9-21(11-17)10-12-2-3-14(24-12)13-4-8-19-20-13/h2-4,8,15,18H,1,5-7,9-11H2,(H,19,20)(H,22,23)/t15-,17+/m1/s1. The molecule has 2 fully saturated rings. The summed E-state index contributed by atoms with van der Waals surface area (Å²) in [6, 6.07) is 6.33. The summed E-state index contributed by atoms with van der Waals surface area (Å²) in [6.07, 6.45) is 4.39. The van der Waals surface area contributed by atoms with E-state index in [0.29, 0.717) is 6.54 Å². The fraction of sp³-hybridized carbons (Fsp3) is 0.529. The fourth-order valence-electron chi connectivity index (χ4n) is 4.09. The lowest BCUT2D eigenvalue weighted by atomic mass is 9.70. The second-order valence-electron chi connectivity index (χ2n) is 6.81. The van der Waals surface area contributed by atoms with E-state index in [-0.39, 0.29) is 6.04 Å². The van der Waals surface area contributed by atoms with E-state index in [0.717, 1.165) is 44.6 Å². The predicted octanol–water partition coefficient (Wildman–Crippen LogP) is 2.17. The van der Waals surface area contributed by atoms with Gasteiger partial charge in [0.2, 0.25) is 0 Å². The number of hydrogen-bond donors (Lipinski definition) is 3. The lowest BCUT2D eigenvalue weighted by Crippen LogP contribution is -2.62. The number of rotatable bonds is 4. The van der Waals surface area contributed by atoms with Crippen molar-refractivity contribution < 1.29 is 9.90 Å². The molecule has 0 unspecified atom stereocenters. The van der Waals surface area contributed by atoms with Crippen LogP contribution in [0.15, 0.2) is 24.4 Å². The summed E-state index contributed by atoms with van der Waals surface area (Å²) in [5.41, 5.74) is 0.406.